The lowest BCUT2D eigenvalue weighted by molar-refractivity contribution is -0.138. The molecule has 0 bridgehead atoms. The predicted octanol–water partition coefficient (Wildman–Crippen LogP) is 1.65. The molecule has 3 N–H and O–H groups in total. The van der Waals surface area contributed by atoms with E-state index in [0.29, 0.717) is 6.42 Å². The fourth-order valence-corrected chi connectivity index (χ4v) is 2.81. The van der Waals surface area contributed by atoms with Crippen LogP contribution in [0.5, 0.6) is 0 Å². The minimum Gasteiger partial charge on any atom is -0.349 e. The second-order valence-electron chi connectivity index (χ2n) is 5.58. The Kier molecular flexibility index (Phi) is 6.64. The number of nitrogens with one attached hydrogen (secondary N) is 3. The number of alkyl halides is 4. The Bertz CT molecular complexity index is 679. The number of hydrogen-bond donors (Lipinski definition) is 3. The van der Waals surface area contributed by atoms with E-state index in [2.05, 4.69) is 26.1 Å². The zero-order chi connectivity index (χ0) is 19.3. The first-order valence-corrected chi connectivity index (χ1v) is 8.58. The van der Waals surface area contributed by atoms with Crippen LogP contribution in [-0.4, -0.2) is 46.8 Å². The minimum absolute atomic E-state index is 0.0883. The maximum Gasteiger partial charge on any atom is 0.445 e. The Labute approximate surface area is 150 Å². The molecule has 1 saturated heterocycles. The van der Waals surface area contributed by atoms with Crippen LogP contribution in [0.2, 0.25) is 0 Å². The number of halogens is 4. The molecular formula is C14H17F4N5O2S. The number of anilines is 1. The van der Waals surface area contributed by atoms with Gasteiger partial charge in [0.2, 0.25) is 22.0 Å². The third-order valence-corrected chi connectivity index (χ3v) is 4.42. The second kappa shape index (κ2) is 8.54. The van der Waals surface area contributed by atoms with Crippen molar-refractivity contribution in [1.82, 2.24) is 20.8 Å². The SMILES string of the molecule is CC[C@@H](/C=C/C(=O)Nc1nnc(C(F)(F)F)s1)NC(=O)[C@@H]1C[C@H](F)CN1. The highest BCUT2D eigenvalue weighted by Crippen LogP contribution is 2.32. The highest BCUT2D eigenvalue weighted by atomic mass is 32.1. The third-order valence-electron chi connectivity index (χ3n) is 3.54. The van der Waals surface area contributed by atoms with Gasteiger partial charge in [-0.15, -0.1) is 10.2 Å². The van der Waals surface area contributed by atoms with E-state index < -0.39 is 35.3 Å². The Hall–Kier alpha value is -2.08. The number of rotatable bonds is 6. The molecule has 2 heterocycles. The molecule has 0 aliphatic carbocycles. The fourth-order valence-electron chi connectivity index (χ4n) is 2.20. The van der Waals surface area contributed by atoms with Crippen molar-refractivity contribution in [3.8, 4) is 0 Å². The molecule has 3 atom stereocenters. The van der Waals surface area contributed by atoms with Gasteiger partial charge in [-0.25, -0.2) is 4.39 Å². The molecule has 0 aromatic carbocycles. The van der Waals surface area contributed by atoms with Gasteiger partial charge in [-0.3, -0.25) is 14.9 Å². The van der Waals surface area contributed by atoms with Crippen molar-refractivity contribution in [2.24, 2.45) is 0 Å². The Morgan fingerprint density at radius 1 is 1.42 bits per heavy atom. The number of amides is 2. The summed E-state index contributed by atoms with van der Waals surface area (Å²) < 4.78 is 50.4. The van der Waals surface area contributed by atoms with Crippen LogP contribution < -0.4 is 16.0 Å². The number of aromatic nitrogens is 2. The van der Waals surface area contributed by atoms with Gasteiger partial charge in [-0.2, -0.15) is 13.2 Å². The first-order chi connectivity index (χ1) is 12.2. The lowest BCUT2D eigenvalue weighted by atomic mass is 10.1. The van der Waals surface area contributed by atoms with E-state index >= 15 is 0 Å². The van der Waals surface area contributed by atoms with Crippen molar-refractivity contribution in [2.45, 2.75) is 44.2 Å². The summed E-state index contributed by atoms with van der Waals surface area (Å²) >= 11 is 0.209. The van der Waals surface area contributed by atoms with Crippen molar-refractivity contribution in [3.05, 3.63) is 17.2 Å². The molecule has 0 unspecified atom stereocenters. The highest BCUT2D eigenvalue weighted by molar-refractivity contribution is 7.15. The number of nitrogens with zero attached hydrogens (tertiary/aromatic N) is 2. The van der Waals surface area contributed by atoms with Crippen molar-refractivity contribution < 1.29 is 27.2 Å². The van der Waals surface area contributed by atoms with Gasteiger partial charge in [0.1, 0.15) is 6.17 Å². The summed E-state index contributed by atoms with van der Waals surface area (Å²) in [5.74, 6) is -1.08. The molecule has 7 nitrogen and oxygen atoms in total. The molecule has 12 heteroatoms. The first-order valence-electron chi connectivity index (χ1n) is 7.76. The van der Waals surface area contributed by atoms with Crippen LogP contribution in [0.4, 0.5) is 22.7 Å². The lowest BCUT2D eigenvalue weighted by Gasteiger charge is -2.16. The maximum atomic E-state index is 13.1. The normalized spacial score (nSPS) is 21.7. The summed E-state index contributed by atoms with van der Waals surface area (Å²) in [6, 6.07) is -1.10. The quantitative estimate of drug-likeness (QED) is 0.503. The average Bonchev–Trinajstić information content (AvgIpc) is 3.20. The van der Waals surface area contributed by atoms with Gasteiger partial charge in [-0.05, 0) is 6.42 Å². The summed E-state index contributed by atoms with van der Waals surface area (Å²) in [5.41, 5.74) is 0. The molecule has 0 radical (unpaired) electrons. The van der Waals surface area contributed by atoms with Crippen LogP contribution in [0.15, 0.2) is 12.2 Å². The van der Waals surface area contributed by atoms with Gasteiger partial charge in [0.05, 0.1) is 6.04 Å². The zero-order valence-electron chi connectivity index (χ0n) is 13.6. The Morgan fingerprint density at radius 2 is 2.15 bits per heavy atom. The van der Waals surface area contributed by atoms with E-state index in [1.807, 2.05) is 0 Å². The van der Waals surface area contributed by atoms with Gasteiger partial charge in [0.25, 0.3) is 0 Å². The van der Waals surface area contributed by atoms with Gasteiger partial charge < -0.3 is 10.6 Å². The van der Waals surface area contributed by atoms with E-state index in [1.54, 1.807) is 6.92 Å². The summed E-state index contributed by atoms with van der Waals surface area (Å²) in [4.78, 5) is 23.8. The molecular weight excluding hydrogens is 378 g/mol. The zero-order valence-corrected chi connectivity index (χ0v) is 14.5. The summed E-state index contributed by atoms with van der Waals surface area (Å²) in [6.07, 6.45) is -2.64. The summed E-state index contributed by atoms with van der Waals surface area (Å²) in [7, 11) is 0. The molecule has 144 valence electrons. The van der Waals surface area contributed by atoms with Gasteiger partial charge in [0, 0.05) is 25.1 Å². The topological polar surface area (TPSA) is 96.0 Å². The molecule has 2 rings (SSSR count). The largest absolute Gasteiger partial charge is 0.445 e. The van der Waals surface area contributed by atoms with Crippen molar-refractivity contribution in [3.63, 3.8) is 0 Å². The smallest absolute Gasteiger partial charge is 0.349 e. The minimum atomic E-state index is -4.62. The van der Waals surface area contributed by atoms with Crippen molar-refractivity contribution >= 4 is 28.3 Å². The summed E-state index contributed by atoms with van der Waals surface area (Å²) in [6.45, 7) is 1.89. The van der Waals surface area contributed by atoms with Crippen LogP contribution >= 0.6 is 11.3 Å². The third kappa shape index (κ3) is 5.73. The van der Waals surface area contributed by atoms with Gasteiger partial charge in [0.15, 0.2) is 0 Å². The van der Waals surface area contributed by atoms with E-state index in [0.717, 1.165) is 6.08 Å². The number of carbonyl (C=O) groups excluding carboxylic acids is 2. The van der Waals surface area contributed by atoms with E-state index in [1.165, 1.54) is 6.08 Å². The molecule has 0 saturated carbocycles. The van der Waals surface area contributed by atoms with E-state index in [4.69, 9.17) is 0 Å². The van der Waals surface area contributed by atoms with Crippen LogP contribution in [0.3, 0.4) is 0 Å². The fraction of sp³-hybridized carbons (Fsp3) is 0.571. The number of carbonyl (C=O) groups is 2. The molecule has 2 amide bonds. The maximum absolute atomic E-state index is 13.1. The molecule has 0 spiro atoms. The Morgan fingerprint density at radius 3 is 2.69 bits per heavy atom. The molecule has 26 heavy (non-hydrogen) atoms. The molecule has 1 aromatic heterocycles. The van der Waals surface area contributed by atoms with Crippen LogP contribution in [0.1, 0.15) is 24.8 Å². The van der Waals surface area contributed by atoms with Gasteiger partial charge >= 0.3 is 6.18 Å². The predicted molar refractivity (Wildman–Crippen MR) is 86.2 cm³/mol. The van der Waals surface area contributed by atoms with Crippen LogP contribution in [0.25, 0.3) is 0 Å². The molecule has 1 fully saturated rings. The second-order valence-corrected chi connectivity index (χ2v) is 6.55. The first kappa shape index (κ1) is 20.2. The highest BCUT2D eigenvalue weighted by Gasteiger charge is 2.35. The van der Waals surface area contributed by atoms with Crippen molar-refractivity contribution in [2.75, 3.05) is 11.9 Å². The van der Waals surface area contributed by atoms with Crippen LogP contribution in [0, 0.1) is 0 Å². The van der Waals surface area contributed by atoms with Crippen LogP contribution in [-0.2, 0) is 15.8 Å². The lowest BCUT2D eigenvalue weighted by Crippen LogP contribution is -2.44. The molecule has 1 aromatic rings. The van der Waals surface area contributed by atoms with E-state index in [-0.39, 0.29) is 35.3 Å². The molecule has 1 aliphatic heterocycles. The standard InChI is InChI=1S/C14H17F4N5O2S/c1-2-8(20-11(25)9-5-7(15)6-19-9)3-4-10(24)21-13-23-22-12(26-13)14(16,17)18/h3-4,7-9,19H,2,5-6H2,1H3,(H,20,25)(H,21,23,24)/b4-3+/t7-,8-,9-/m0/s1. The summed E-state index contributed by atoms with van der Waals surface area (Å²) in [5, 5.41) is 12.3. The van der Waals surface area contributed by atoms with Gasteiger partial charge in [-0.1, -0.05) is 24.3 Å². The number of hydrogen-bond acceptors (Lipinski definition) is 6. The van der Waals surface area contributed by atoms with E-state index in [9.17, 15) is 27.2 Å². The molecule has 1 aliphatic rings. The Balaban J connectivity index is 1.86. The van der Waals surface area contributed by atoms with Crippen molar-refractivity contribution in [1.29, 1.82) is 0 Å². The monoisotopic (exact) mass is 395 g/mol. The average molecular weight is 395 g/mol.